The molecule has 0 spiro atoms. The summed E-state index contributed by atoms with van der Waals surface area (Å²) in [5.74, 6) is -5.33. The molecule has 156 valence electrons. The summed E-state index contributed by atoms with van der Waals surface area (Å²) >= 11 is 0.376. The van der Waals surface area contributed by atoms with Gasteiger partial charge in [0, 0.05) is 10.6 Å². The van der Waals surface area contributed by atoms with Gasteiger partial charge in [-0.1, -0.05) is 23.9 Å². The zero-order valence-electron chi connectivity index (χ0n) is 15.6. The summed E-state index contributed by atoms with van der Waals surface area (Å²) in [7, 11) is 0. The lowest BCUT2D eigenvalue weighted by molar-refractivity contribution is -0.150. The molecule has 0 fully saturated rings. The van der Waals surface area contributed by atoms with E-state index in [-0.39, 0.29) is 11.1 Å². The van der Waals surface area contributed by atoms with E-state index in [0.29, 0.717) is 22.3 Å². The zero-order chi connectivity index (χ0) is 21.8. The van der Waals surface area contributed by atoms with E-state index in [4.69, 9.17) is 4.74 Å². The molecule has 0 radical (unpaired) electrons. The standard InChI is InChI=1S/C20H16F2N2O5S/c1-11(24-17(26)14-4-2-3-5-15(14)18(24)27)19(28)29-10-16(25)23-12-6-8-13(9-7-12)30-20(21)22/h2-9,11,20H,10H2,1H3,(H,23,25)/t11-/m0/s1. The smallest absolute Gasteiger partial charge is 0.329 e. The van der Waals surface area contributed by atoms with Gasteiger partial charge in [-0.15, -0.1) is 0 Å². The van der Waals surface area contributed by atoms with E-state index in [9.17, 15) is 28.0 Å². The van der Waals surface area contributed by atoms with Crippen molar-refractivity contribution in [3.8, 4) is 0 Å². The van der Waals surface area contributed by atoms with Crippen molar-refractivity contribution in [1.29, 1.82) is 0 Å². The SMILES string of the molecule is C[C@@H](C(=O)OCC(=O)Nc1ccc(SC(F)F)cc1)N1C(=O)c2ccccc2C1=O. The third-order valence-electron chi connectivity index (χ3n) is 4.26. The van der Waals surface area contributed by atoms with Gasteiger partial charge in [0.25, 0.3) is 23.5 Å². The number of benzene rings is 2. The highest BCUT2D eigenvalue weighted by molar-refractivity contribution is 7.99. The number of alkyl halides is 2. The predicted octanol–water partition coefficient (Wildman–Crippen LogP) is 3.17. The van der Waals surface area contributed by atoms with Crippen molar-refractivity contribution >= 4 is 41.1 Å². The van der Waals surface area contributed by atoms with Crippen molar-refractivity contribution in [1.82, 2.24) is 4.90 Å². The second kappa shape index (κ2) is 9.04. The van der Waals surface area contributed by atoms with Crippen LogP contribution in [0.5, 0.6) is 0 Å². The Kier molecular flexibility index (Phi) is 6.46. The highest BCUT2D eigenvalue weighted by atomic mass is 32.2. The van der Waals surface area contributed by atoms with E-state index in [2.05, 4.69) is 5.32 Å². The van der Waals surface area contributed by atoms with Crippen LogP contribution in [0.25, 0.3) is 0 Å². The summed E-state index contributed by atoms with van der Waals surface area (Å²) < 4.78 is 29.5. The molecular weight excluding hydrogens is 418 g/mol. The fourth-order valence-corrected chi connectivity index (χ4v) is 3.34. The molecular formula is C20H16F2N2O5S. The summed E-state index contributed by atoms with van der Waals surface area (Å²) in [6.07, 6.45) is 0. The molecule has 0 bridgehead atoms. The first kappa shape index (κ1) is 21.4. The number of halogens is 2. The molecule has 7 nitrogen and oxygen atoms in total. The predicted molar refractivity (Wildman–Crippen MR) is 104 cm³/mol. The van der Waals surface area contributed by atoms with Crippen LogP contribution >= 0.6 is 11.8 Å². The maximum atomic E-state index is 12.4. The van der Waals surface area contributed by atoms with E-state index >= 15 is 0 Å². The number of imide groups is 1. The molecule has 3 rings (SSSR count). The quantitative estimate of drug-likeness (QED) is 0.409. The molecule has 0 aromatic heterocycles. The van der Waals surface area contributed by atoms with Crippen LogP contribution in [0.15, 0.2) is 53.4 Å². The monoisotopic (exact) mass is 434 g/mol. The molecule has 0 saturated heterocycles. The van der Waals surface area contributed by atoms with Gasteiger partial charge in [-0.25, -0.2) is 4.79 Å². The number of thioether (sulfide) groups is 1. The number of hydrogen-bond acceptors (Lipinski definition) is 6. The fraction of sp³-hybridized carbons (Fsp3) is 0.200. The average Bonchev–Trinajstić information content (AvgIpc) is 2.97. The molecule has 0 aliphatic carbocycles. The van der Waals surface area contributed by atoms with Crippen LogP contribution in [0.3, 0.4) is 0 Å². The Hall–Kier alpha value is -3.27. The number of fused-ring (bicyclic) bond motifs is 1. The first-order valence-corrected chi connectivity index (χ1v) is 9.64. The molecule has 1 heterocycles. The van der Waals surface area contributed by atoms with Crippen molar-refractivity contribution in [3.63, 3.8) is 0 Å². The lowest BCUT2D eigenvalue weighted by Gasteiger charge is -2.20. The van der Waals surface area contributed by atoms with Gasteiger partial charge in [0.2, 0.25) is 0 Å². The minimum Gasteiger partial charge on any atom is -0.454 e. The van der Waals surface area contributed by atoms with E-state index in [1.807, 2.05) is 0 Å². The van der Waals surface area contributed by atoms with Crippen LogP contribution in [-0.4, -0.2) is 47.0 Å². The maximum Gasteiger partial charge on any atom is 0.329 e. The third-order valence-corrected chi connectivity index (χ3v) is 4.99. The van der Waals surface area contributed by atoms with E-state index < -0.39 is 42.1 Å². The van der Waals surface area contributed by atoms with Gasteiger partial charge in [0.05, 0.1) is 11.1 Å². The molecule has 10 heteroatoms. The van der Waals surface area contributed by atoms with Gasteiger partial charge in [0.1, 0.15) is 6.04 Å². The van der Waals surface area contributed by atoms with Gasteiger partial charge in [-0.05, 0) is 43.3 Å². The number of nitrogens with one attached hydrogen (secondary N) is 1. The Morgan fingerprint density at radius 2 is 1.60 bits per heavy atom. The number of hydrogen-bond donors (Lipinski definition) is 1. The van der Waals surface area contributed by atoms with E-state index in [1.165, 1.54) is 43.3 Å². The van der Waals surface area contributed by atoms with E-state index in [1.54, 1.807) is 12.1 Å². The van der Waals surface area contributed by atoms with Crippen LogP contribution in [0.4, 0.5) is 14.5 Å². The van der Waals surface area contributed by atoms with Crippen LogP contribution in [0, 0.1) is 0 Å². The Bertz CT molecular complexity index is 962. The van der Waals surface area contributed by atoms with E-state index in [0.717, 1.165) is 4.90 Å². The highest BCUT2D eigenvalue weighted by Crippen LogP contribution is 2.26. The molecule has 1 atom stereocenters. The minimum atomic E-state index is -2.55. The summed E-state index contributed by atoms with van der Waals surface area (Å²) in [5.41, 5.74) is 0.741. The van der Waals surface area contributed by atoms with Crippen molar-refractivity contribution < 1.29 is 32.7 Å². The normalized spacial score (nSPS) is 13.9. The van der Waals surface area contributed by atoms with Gasteiger partial charge >= 0.3 is 5.97 Å². The lowest BCUT2D eigenvalue weighted by atomic mass is 10.1. The molecule has 0 unspecified atom stereocenters. The Morgan fingerprint density at radius 1 is 1.03 bits per heavy atom. The number of anilines is 1. The molecule has 3 amide bonds. The Morgan fingerprint density at radius 3 is 2.13 bits per heavy atom. The van der Waals surface area contributed by atoms with Crippen molar-refractivity contribution in [3.05, 3.63) is 59.7 Å². The van der Waals surface area contributed by atoms with Crippen LogP contribution in [0.1, 0.15) is 27.6 Å². The number of ether oxygens (including phenoxy) is 1. The van der Waals surface area contributed by atoms with Crippen molar-refractivity contribution in [2.45, 2.75) is 23.6 Å². The summed E-state index contributed by atoms with van der Waals surface area (Å²) in [6, 6.07) is 10.7. The Labute approximate surface area is 174 Å². The number of rotatable bonds is 7. The maximum absolute atomic E-state index is 12.4. The molecule has 1 aliphatic rings. The second-order valence-corrected chi connectivity index (χ2v) is 7.32. The van der Waals surface area contributed by atoms with Gasteiger partial charge in [-0.2, -0.15) is 8.78 Å². The van der Waals surface area contributed by atoms with Crippen molar-refractivity contribution in [2.24, 2.45) is 0 Å². The third kappa shape index (κ3) is 4.65. The molecule has 0 saturated carbocycles. The number of carbonyl (C=O) groups excluding carboxylic acids is 4. The zero-order valence-corrected chi connectivity index (χ0v) is 16.4. The van der Waals surface area contributed by atoms with Crippen molar-refractivity contribution in [2.75, 3.05) is 11.9 Å². The molecule has 1 aliphatic heterocycles. The van der Waals surface area contributed by atoms with Gasteiger partial charge in [-0.3, -0.25) is 19.3 Å². The second-order valence-electron chi connectivity index (χ2n) is 6.26. The molecule has 2 aromatic carbocycles. The fourth-order valence-electron chi connectivity index (χ4n) is 2.84. The average molecular weight is 434 g/mol. The largest absolute Gasteiger partial charge is 0.454 e. The first-order chi connectivity index (χ1) is 14.3. The number of nitrogens with zero attached hydrogens (tertiary/aromatic N) is 1. The summed E-state index contributed by atoms with van der Waals surface area (Å²) in [5, 5.41) is 2.46. The highest BCUT2D eigenvalue weighted by Gasteiger charge is 2.41. The van der Waals surface area contributed by atoms with Crippen LogP contribution in [0.2, 0.25) is 0 Å². The molecule has 1 N–H and O–H groups in total. The molecule has 2 aromatic rings. The van der Waals surface area contributed by atoms with Gasteiger partial charge in [0.15, 0.2) is 6.61 Å². The number of amides is 3. The molecule has 30 heavy (non-hydrogen) atoms. The number of carbonyl (C=O) groups is 4. The lowest BCUT2D eigenvalue weighted by Crippen LogP contribution is -2.44. The number of esters is 1. The van der Waals surface area contributed by atoms with Crippen LogP contribution < -0.4 is 5.32 Å². The van der Waals surface area contributed by atoms with Crippen LogP contribution in [-0.2, 0) is 14.3 Å². The summed E-state index contributed by atoms with van der Waals surface area (Å²) in [6.45, 7) is 0.696. The Balaban J connectivity index is 1.53. The minimum absolute atomic E-state index is 0.202. The first-order valence-electron chi connectivity index (χ1n) is 8.76. The topological polar surface area (TPSA) is 92.8 Å². The summed E-state index contributed by atoms with van der Waals surface area (Å²) in [4.78, 5) is 50.1. The van der Waals surface area contributed by atoms with Gasteiger partial charge < -0.3 is 10.1 Å².